The summed E-state index contributed by atoms with van der Waals surface area (Å²) in [6, 6.07) is 11.9. The second-order valence-corrected chi connectivity index (χ2v) is 8.35. The highest BCUT2D eigenvalue weighted by molar-refractivity contribution is 6.31. The Kier molecular flexibility index (Phi) is 7.36. The SMILES string of the molecule is C[C@H](O)C(=O)Nc1cccc(CN2C(=O)[C@@](O)([C@@H](C)/C=C/CCO)c3cc(Cl)ccc32)c1. The number of aliphatic hydroxyl groups is 3. The highest BCUT2D eigenvalue weighted by Gasteiger charge is 2.52. The van der Waals surface area contributed by atoms with Crippen LogP contribution < -0.4 is 10.2 Å². The van der Waals surface area contributed by atoms with Gasteiger partial charge in [-0.15, -0.1) is 0 Å². The Morgan fingerprint density at radius 2 is 2.00 bits per heavy atom. The van der Waals surface area contributed by atoms with Gasteiger partial charge in [0.25, 0.3) is 11.8 Å². The molecule has 0 bridgehead atoms. The van der Waals surface area contributed by atoms with Gasteiger partial charge in [0.2, 0.25) is 0 Å². The van der Waals surface area contributed by atoms with Crippen LogP contribution in [-0.2, 0) is 21.7 Å². The molecular formula is C24H27ClN2O5. The van der Waals surface area contributed by atoms with Gasteiger partial charge in [-0.3, -0.25) is 9.59 Å². The molecule has 4 N–H and O–H groups in total. The first-order valence-corrected chi connectivity index (χ1v) is 10.8. The van der Waals surface area contributed by atoms with Gasteiger partial charge in [-0.05, 0) is 49.2 Å². The average Bonchev–Trinajstić information content (AvgIpc) is 2.96. The van der Waals surface area contributed by atoms with Crippen LogP contribution in [0.5, 0.6) is 0 Å². The summed E-state index contributed by atoms with van der Waals surface area (Å²) in [5.41, 5.74) is 0.407. The first-order chi connectivity index (χ1) is 15.2. The van der Waals surface area contributed by atoms with Crippen molar-refractivity contribution in [2.45, 2.75) is 38.5 Å². The van der Waals surface area contributed by atoms with Gasteiger partial charge in [0.15, 0.2) is 5.60 Å². The van der Waals surface area contributed by atoms with Crippen molar-refractivity contribution >= 4 is 34.8 Å². The summed E-state index contributed by atoms with van der Waals surface area (Å²) in [6.45, 7) is 3.26. The van der Waals surface area contributed by atoms with Crippen LogP contribution in [0.1, 0.15) is 31.4 Å². The van der Waals surface area contributed by atoms with Gasteiger partial charge in [0, 0.05) is 28.8 Å². The van der Waals surface area contributed by atoms with Crippen LogP contribution in [0, 0.1) is 5.92 Å². The largest absolute Gasteiger partial charge is 0.396 e. The summed E-state index contributed by atoms with van der Waals surface area (Å²) in [4.78, 5) is 26.8. The number of hydrogen-bond acceptors (Lipinski definition) is 5. The quantitative estimate of drug-likeness (QED) is 0.454. The Morgan fingerprint density at radius 1 is 1.25 bits per heavy atom. The summed E-state index contributed by atoms with van der Waals surface area (Å²) in [5.74, 6) is -1.56. The summed E-state index contributed by atoms with van der Waals surface area (Å²) < 4.78 is 0. The Bertz CT molecular complexity index is 1040. The van der Waals surface area contributed by atoms with Crippen molar-refractivity contribution in [3.05, 3.63) is 70.8 Å². The van der Waals surface area contributed by atoms with Gasteiger partial charge in [-0.25, -0.2) is 0 Å². The molecule has 1 heterocycles. The van der Waals surface area contributed by atoms with E-state index in [0.717, 1.165) is 5.56 Å². The van der Waals surface area contributed by atoms with Crippen molar-refractivity contribution in [3.63, 3.8) is 0 Å². The van der Waals surface area contributed by atoms with Crippen molar-refractivity contribution in [3.8, 4) is 0 Å². The maximum Gasteiger partial charge on any atom is 0.264 e. The normalized spacial score (nSPS) is 19.8. The van der Waals surface area contributed by atoms with Gasteiger partial charge in [0.05, 0.1) is 12.2 Å². The van der Waals surface area contributed by atoms with E-state index in [1.54, 1.807) is 55.5 Å². The van der Waals surface area contributed by atoms with E-state index in [4.69, 9.17) is 16.7 Å². The van der Waals surface area contributed by atoms with E-state index in [1.807, 2.05) is 6.07 Å². The summed E-state index contributed by atoms with van der Waals surface area (Å²) in [7, 11) is 0. The van der Waals surface area contributed by atoms with Gasteiger partial charge >= 0.3 is 0 Å². The number of carbonyl (C=O) groups excluding carboxylic acids is 2. The Labute approximate surface area is 191 Å². The number of aliphatic hydroxyl groups excluding tert-OH is 2. The predicted molar refractivity (Wildman–Crippen MR) is 123 cm³/mol. The fourth-order valence-corrected chi connectivity index (χ4v) is 3.94. The lowest BCUT2D eigenvalue weighted by Gasteiger charge is -2.27. The fourth-order valence-electron chi connectivity index (χ4n) is 3.77. The van der Waals surface area contributed by atoms with Crippen LogP contribution in [0.3, 0.4) is 0 Å². The monoisotopic (exact) mass is 458 g/mol. The van der Waals surface area contributed by atoms with E-state index in [0.29, 0.717) is 28.4 Å². The lowest BCUT2D eigenvalue weighted by Crippen LogP contribution is -2.44. The Balaban J connectivity index is 1.94. The zero-order valence-electron chi connectivity index (χ0n) is 18.0. The van der Waals surface area contributed by atoms with Gasteiger partial charge in [-0.2, -0.15) is 0 Å². The van der Waals surface area contributed by atoms with E-state index < -0.39 is 29.4 Å². The smallest absolute Gasteiger partial charge is 0.264 e. The molecule has 2 amide bonds. The van der Waals surface area contributed by atoms with E-state index in [-0.39, 0.29) is 13.2 Å². The van der Waals surface area contributed by atoms with E-state index in [2.05, 4.69) is 5.32 Å². The zero-order chi connectivity index (χ0) is 23.5. The van der Waals surface area contributed by atoms with Crippen LogP contribution in [0.15, 0.2) is 54.6 Å². The number of nitrogens with one attached hydrogen (secondary N) is 1. The van der Waals surface area contributed by atoms with Crippen molar-refractivity contribution < 1.29 is 24.9 Å². The summed E-state index contributed by atoms with van der Waals surface area (Å²) in [6.07, 6.45) is 2.72. The zero-order valence-corrected chi connectivity index (χ0v) is 18.7. The van der Waals surface area contributed by atoms with Gasteiger partial charge in [0.1, 0.15) is 6.10 Å². The molecule has 8 heteroatoms. The van der Waals surface area contributed by atoms with Crippen LogP contribution in [0.25, 0.3) is 0 Å². The Morgan fingerprint density at radius 3 is 2.69 bits per heavy atom. The number of rotatable bonds is 8. The number of anilines is 2. The molecule has 1 aliphatic heterocycles. The third-order valence-electron chi connectivity index (χ3n) is 5.53. The van der Waals surface area contributed by atoms with E-state index in [1.165, 1.54) is 11.8 Å². The third kappa shape index (κ3) is 4.71. The molecule has 0 spiro atoms. The molecular weight excluding hydrogens is 432 g/mol. The van der Waals surface area contributed by atoms with Crippen LogP contribution in [0.4, 0.5) is 11.4 Å². The minimum absolute atomic E-state index is 0.0218. The maximum atomic E-state index is 13.5. The van der Waals surface area contributed by atoms with E-state index >= 15 is 0 Å². The number of carbonyl (C=O) groups is 2. The third-order valence-corrected chi connectivity index (χ3v) is 5.76. The first-order valence-electron chi connectivity index (χ1n) is 10.4. The first kappa shape index (κ1) is 23.9. The number of nitrogens with zero attached hydrogens (tertiary/aromatic N) is 1. The number of benzene rings is 2. The second-order valence-electron chi connectivity index (χ2n) is 7.91. The van der Waals surface area contributed by atoms with Crippen LogP contribution in [-0.4, -0.2) is 39.8 Å². The van der Waals surface area contributed by atoms with Gasteiger partial charge in [-0.1, -0.05) is 42.8 Å². The highest BCUT2D eigenvalue weighted by atomic mass is 35.5. The molecule has 0 aromatic heterocycles. The molecule has 0 saturated heterocycles. The minimum Gasteiger partial charge on any atom is -0.396 e. The predicted octanol–water partition coefficient (Wildman–Crippen LogP) is 2.97. The lowest BCUT2D eigenvalue weighted by molar-refractivity contribution is -0.139. The standard InChI is InChI=1S/C24H27ClN2O5/c1-15(6-3-4-11-28)24(32)20-13-18(25)9-10-21(20)27(23(24)31)14-17-7-5-8-19(12-17)26-22(30)16(2)29/h3,5-10,12-13,15-16,28-29,32H,4,11,14H2,1-2H3,(H,26,30)/b6-3+/t15-,16-,24+/m0/s1. The number of amides is 2. The topological polar surface area (TPSA) is 110 Å². The molecule has 1 aliphatic rings. The minimum atomic E-state index is -1.80. The lowest BCUT2D eigenvalue weighted by atomic mass is 9.83. The van der Waals surface area contributed by atoms with Crippen LogP contribution in [0.2, 0.25) is 5.02 Å². The highest BCUT2D eigenvalue weighted by Crippen LogP contribution is 2.46. The maximum absolute atomic E-state index is 13.5. The fraction of sp³-hybridized carbons (Fsp3) is 0.333. The molecule has 2 aromatic carbocycles. The second kappa shape index (κ2) is 9.83. The number of fused-ring (bicyclic) bond motifs is 1. The van der Waals surface area contributed by atoms with Gasteiger partial charge < -0.3 is 25.5 Å². The molecule has 32 heavy (non-hydrogen) atoms. The molecule has 3 atom stereocenters. The molecule has 0 radical (unpaired) electrons. The summed E-state index contributed by atoms with van der Waals surface area (Å²) >= 11 is 6.18. The molecule has 0 aliphatic carbocycles. The molecule has 0 fully saturated rings. The number of halogens is 1. The number of hydrogen-bond donors (Lipinski definition) is 4. The molecule has 7 nitrogen and oxygen atoms in total. The van der Waals surface area contributed by atoms with Crippen molar-refractivity contribution in [2.24, 2.45) is 5.92 Å². The van der Waals surface area contributed by atoms with Crippen molar-refractivity contribution in [1.29, 1.82) is 0 Å². The molecule has 0 unspecified atom stereocenters. The molecule has 0 saturated carbocycles. The summed E-state index contributed by atoms with van der Waals surface area (Å²) in [5, 5.41) is 33.0. The van der Waals surface area contributed by atoms with Crippen LogP contribution >= 0.6 is 11.6 Å². The van der Waals surface area contributed by atoms with Crippen molar-refractivity contribution in [2.75, 3.05) is 16.8 Å². The molecule has 3 rings (SSSR count). The average molecular weight is 459 g/mol. The van der Waals surface area contributed by atoms with E-state index in [9.17, 15) is 19.8 Å². The molecule has 2 aromatic rings. The molecule has 170 valence electrons. The Hall–Kier alpha value is -2.71. The van der Waals surface area contributed by atoms with Crippen molar-refractivity contribution in [1.82, 2.24) is 0 Å².